The molecular formula is C27H31N5O. The Kier molecular flexibility index (Phi) is 5.52. The zero-order chi connectivity index (χ0) is 23.1. The van der Waals surface area contributed by atoms with Crippen LogP contribution in [0.25, 0.3) is 22.0 Å². The second kappa shape index (κ2) is 8.50. The Bertz CT molecular complexity index is 1300. The Labute approximate surface area is 194 Å². The van der Waals surface area contributed by atoms with Crippen molar-refractivity contribution in [2.24, 2.45) is 7.05 Å². The molecule has 1 N–H and O–H groups in total. The van der Waals surface area contributed by atoms with E-state index in [1.165, 1.54) is 22.2 Å². The van der Waals surface area contributed by atoms with Gasteiger partial charge in [0, 0.05) is 60.6 Å². The van der Waals surface area contributed by atoms with Crippen molar-refractivity contribution in [2.45, 2.75) is 45.4 Å². The largest absolute Gasteiger partial charge is 0.358 e. The molecule has 33 heavy (non-hydrogen) atoms. The van der Waals surface area contributed by atoms with Crippen LogP contribution in [0.15, 0.2) is 48.8 Å². The third-order valence-electron chi connectivity index (χ3n) is 6.78. The van der Waals surface area contributed by atoms with Gasteiger partial charge in [0.1, 0.15) is 5.69 Å². The van der Waals surface area contributed by atoms with Crippen LogP contribution in [0.2, 0.25) is 0 Å². The van der Waals surface area contributed by atoms with Gasteiger partial charge in [0.05, 0.1) is 5.69 Å². The molecule has 0 saturated carbocycles. The monoisotopic (exact) mass is 441 g/mol. The van der Waals surface area contributed by atoms with Crippen molar-refractivity contribution in [3.8, 4) is 11.1 Å². The molecule has 6 nitrogen and oxygen atoms in total. The van der Waals surface area contributed by atoms with Crippen molar-refractivity contribution in [1.29, 1.82) is 0 Å². The average Bonchev–Trinajstić information content (AvgIpc) is 3.40. The molecule has 5 rings (SSSR count). The number of piperidine rings is 1. The van der Waals surface area contributed by atoms with Gasteiger partial charge in [0.2, 0.25) is 0 Å². The standard InChI is InChI=1S/C27H31N5O/c1-17(2)23-15-24(31(4)30-23)27(33)32-13-5-6-20(16-32)26-25(19-9-11-28-12-10-19)21-14-18(3)7-8-22(21)29-26/h7-12,14-15,17,20,29H,5-6,13,16H2,1-4H3/t20-/m1/s1. The van der Waals surface area contributed by atoms with E-state index in [-0.39, 0.29) is 11.8 Å². The van der Waals surface area contributed by atoms with Gasteiger partial charge < -0.3 is 9.88 Å². The molecule has 4 aromatic rings. The summed E-state index contributed by atoms with van der Waals surface area (Å²) in [5.41, 5.74) is 7.61. The lowest BCUT2D eigenvalue weighted by Gasteiger charge is -2.33. The number of nitrogens with one attached hydrogen (secondary N) is 1. The van der Waals surface area contributed by atoms with Crippen LogP contribution in [0.1, 0.15) is 66.0 Å². The zero-order valence-electron chi connectivity index (χ0n) is 19.8. The Balaban J connectivity index is 1.51. The number of likely N-dealkylation sites (tertiary alicyclic amines) is 1. The van der Waals surface area contributed by atoms with E-state index >= 15 is 0 Å². The summed E-state index contributed by atoms with van der Waals surface area (Å²) in [5.74, 6) is 0.611. The minimum Gasteiger partial charge on any atom is -0.358 e. The van der Waals surface area contributed by atoms with Crippen LogP contribution in [-0.2, 0) is 7.05 Å². The predicted molar refractivity (Wildman–Crippen MR) is 131 cm³/mol. The average molecular weight is 442 g/mol. The number of pyridine rings is 1. The molecule has 1 saturated heterocycles. The highest BCUT2D eigenvalue weighted by atomic mass is 16.2. The van der Waals surface area contributed by atoms with E-state index in [0.29, 0.717) is 18.2 Å². The summed E-state index contributed by atoms with van der Waals surface area (Å²) in [6.07, 6.45) is 5.73. The molecule has 0 radical (unpaired) electrons. The van der Waals surface area contributed by atoms with E-state index in [1.807, 2.05) is 30.4 Å². The molecule has 3 aromatic heterocycles. The quantitative estimate of drug-likeness (QED) is 0.460. The third kappa shape index (κ3) is 3.94. The topological polar surface area (TPSA) is 66.8 Å². The lowest BCUT2D eigenvalue weighted by Crippen LogP contribution is -2.40. The van der Waals surface area contributed by atoms with Crippen molar-refractivity contribution in [2.75, 3.05) is 13.1 Å². The van der Waals surface area contributed by atoms with E-state index in [9.17, 15) is 4.79 Å². The number of H-pyrrole nitrogens is 1. The number of benzene rings is 1. The Morgan fingerprint density at radius 2 is 1.94 bits per heavy atom. The van der Waals surface area contributed by atoms with E-state index < -0.39 is 0 Å². The lowest BCUT2D eigenvalue weighted by atomic mass is 9.89. The van der Waals surface area contributed by atoms with Crippen molar-refractivity contribution in [3.05, 3.63) is 71.4 Å². The van der Waals surface area contributed by atoms with Gasteiger partial charge >= 0.3 is 0 Å². The molecule has 0 unspecified atom stereocenters. The smallest absolute Gasteiger partial charge is 0.272 e. The molecule has 1 aromatic carbocycles. The first-order valence-corrected chi connectivity index (χ1v) is 11.8. The van der Waals surface area contributed by atoms with Gasteiger partial charge in [-0.15, -0.1) is 0 Å². The number of aryl methyl sites for hydroxylation is 2. The van der Waals surface area contributed by atoms with E-state index in [4.69, 9.17) is 0 Å². The maximum Gasteiger partial charge on any atom is 0.272 e. The first-order valence-electron chi connectivity index (χ1n) is 11.8. The SMILES string of the molecule is Cc1ccc2[nH]c([C@@H]3CCCN(C(=O)c4cc(C(C)C)nn4C)C3)c(-c3ccncc3)c2c1. The molecule has 0 spiro atoms. The maximum absolute atomic E-state index is 13.5. The highest BCUT2D eigenvalue weighted by Crippen LogP contribution is 2.39. The van der Waals surface area contributed by atoms with Gasteiger partial charge in [0.15, 0.2) is 0 Å². The molecular weight excluding hydrogens is 410 g/mol. The number of fused-ring (bicyclic) bond motifs is 1. The van der Waals surface area contributed by atoms with Crippen LogP contribution < -0.4 is 0 Å². The fourth-order valence-corrected chi connectivity index (χ4v) is 4.99. The minimum absolute atomic E-state index is 0.0685. The van der Waals surface area contributed by atoms with Crippen LogP contribution in [0.4, 0.5) is 0 Å². The fraction of sp³-hybridized carbons (Fsp3) is 0.370. The highest BCUT2D eigenvalue weighted by Gasteiger charge is 2.30. The summed E-state index contributed by atoms with van der Waals surface area (Å²) in [6, 6.07) is 12.6. The molecule has 1 amide bonds. The molecule has 4 heterocycles. The molecule has 170 valence electrons. The fourth-order valence-electron chi connectivity index (χ4n) is 4.99. The summed E-state index contributed by atoms with van der Waals surface area (Å²) in [6.45, 7) is 7.81. The van der Waals surface area contributed by atoms with Gasteiger partial charge in [-0.2, -0.15) is 5.10 Å². The third-order valence-corrected chi connectivity index (χ3v) is 6.78. The first-order chi connectivity index (χ1) is 15.9. The van der Waals surface area contributed by atoms with Crippen LogP contribution in [-0.4, -0.2) is 43.6 Å². The lowest BCUT2D eigenvalue weighted by molar-refractivity contribution is 0.0695. The molecule has 1 aliphatic heterocycles. The van der Waals surface area contributed by atoms with Gasteiger partial charge in [-0.25, -0.2) is 0 Å². The van der Waals surface area contributed by atoms with Crippen LogP contribution >= 0.6 is 0 Å². The number of amides is 1. The summed E-state index contributed by atoms with van der Waals surface area (Å²) in [5, 5.41) is 5.78. The number of carbonyl (C=O) groups excluding carboxylic acids is 1. The highest BCUT2D eigenvalue weighted by molar-refractivity contribution is 5.98. The predicted octanol–water partition coefficient (Wildman–Crippen LogP) is 5.42. The van der Waals surface area contributed by atoms with E-state index in [2.05, 4.69) is 66.2 Å². The van der Waals surface area contributed by atoms with Gasteiger partial charge in [-0.05, 0) is 61.6 Å². The minimum atomic E-state index is 0.0685. The first kappa shape index (κ1) is 21.4. The molecule has 6 heteroatoms. The van der Waals surface area contributed by atoms with Crippen molar-refractivity contribution >= 4 is 16.8 Å². The number of hydrogen-bond acceptors (Lipinski definition) is 3. The number of nitrogens with zero attached hydrogens (tertiary/aromatic N) is 4. The molecule has 0 bridgehead atoms. The van der Waals surface area contributed by atoms with Crippen molar-refractivity contribution in [1.82, 2.24) is 24.6 Å². The van der Waals surface area contributed by atoms with Crippen LogP contribution in [0.3, 0.4) is 0 Å². The summed E-state index contributed by atoms with van der Waals surface area (Å²) >= 11 is 0. The van der Waals surface area contributed by atoms with Gasteiger partial charge in [-0.3, -0.25) is 14.5 Å². The van der Waals surface area contributed by atoms with Crippen LogP contribution in [0.5, 0.6) is 0 Å². The molecule has 1 atom stereocenters. The molecule has 1 aliphatic rings. The Morgan fingerprint density at radius 1 is 1.15 bits per heavy atom. The van der Waals surface area contributed by atoms with Crippen LogP contribution in [0, 0.1) is 6.92 Å². The van der Waals surface area contributed by atoms with Gasteiger partial charge in [-0.1, -0.05) is 25.5 Å². The number of hydrogen-bond donors (Lipinski definition) is 1. The van der Waals surface area contributed by atoms with Crippen molar-refractivity contribution < 1.29 is 4.79 Å². The second-order valence-electron chi connectivity index (χ2n) is 9.52. The molecule has 0 aliphatic carbocycles. The van der Waals surface area contributed by atoms with E-state index in [1.54, 1.807) is 4.68 Å². The number of carbonyl (C=O) groups is 1. The maximum atomic E-state index is 13.5. The number of aromatic amines is 1. The number of aromatic nitrogens is 4. The second-order valence-corrected chi connectivity index (χ2v) is 9.52. The zero-order valence-corrected chi connectivity index (χ0v) is 19.8. The van der Waals surface area contributed by atoms with Crippen molar-refractivity contribution in [3.63, 3.8) is 0 Å². The Morgan fingerprint density at radius 3 is 2.67 bits per heavy atom. The summed E-state index contributed by atoms with van der Waals surface area (Å²) in [7, 11) is 1.86. The normalized spacial score (nSPS) is 16.6. The van der Waals surface area contributed by atoms with Gasteiger partial charge in [0.25, 0.3) is 5.91 Å². The number of rotatable bonds is 4. The van der Waals surface area contributed by atoms with E-state index in [0.717, 1.165) is 36.2 Å². The molecule has 1 fully saturated rings. The Hall–Kier alpha value is -3.41. The summed E-state index contributed by atoms with van der Waals surface area (Å²) < 4.78 is 1.73. The summed E-state index contributed by atoms with van der Waals surface area (Å²) in [4.78, 5) is 23.4.